The summed E-state index contributed by atoms with van der Waals surface area (Å²) in [6.45, 7) is 4.14. The molecule has 0 N–H and O–H groups in total. The standard InChI is InChI=1S/C15H26N2O/c1-12(14-7-5-4-6-8-14)11-15(18)17(3)13(2)9-10-16/h12-14H,4-9,11H2,1-3H3. The van der Waals surface area contributed by atoms with Crippen LogP contribution in [0.5, 0.6) is 0 Å². The second-order valence-electron chi connectivity index (χ2n) is 5.80. The van der Waals surface area contributed by atoms with Crippen LogP contribution < -0.4 is 0 Å². The Hall–Kier alpha value is -1.04. The van der Waals surface area contributed by atoms with Gasteiger partial charge in [0.05, 0.1) is 12.5 Å². The van der Waals surface area contributed by atoms with Crippen LogP contribution in [0.25, 0.3) is 0 Å². The Morgan fingerprint density at radius 3 is 2.50 bits per heavy atom. The maximum atomic E-state index is 12.1. The zero-order valence-corrected chi connectivity index (χ0v) is 12.0. The number of hydrogen-bond donors (Lipinski definition) is 0. The molecule has 2 atom stereocenters. The molecule has 0 aliphatic heterocycles. The summed E-state index contributed by atoms with van der Waals surface area (Å²) in [5, 5.41) is 8.67. The lowest BCUT2D eigenvalue weighted by molar-refractivity contribution is -0.133. The SMILES string of the molecule is CC(CC(=O)N(C)C(C)CC#N)C1CCCCC1. The van der Waals surface area contributed by atoms with E-state index in [-0.39, 0.29) is 11.9 Å². The molecule has 0 aromatic rings. The van der Waals surface area contributed by atoms with Crippen LogP contribution in [-0.2, 0) is 4.79 Å². The number of hydrogen-bond acceptors (Lipinski definition) is 2. The van der Waals surface area contributed by atoms with Crippen LogP contribution in [0.1, 0.15) is 58.8 Å². The number of carbonyl (C=O) groups is 1. The van der Waals surface area contributed by atoms with Crippen molar-refractivity contribution in [2.24, 2.45) is 11.8 Å². The highest BCUT2D eigenvalue weighted by Gasteiger charge is 2.24. The molecule has 1 aliphatic rings. The van der Waals surface area contributed by atoms with Crippen molar-refractivity contribution in [1.82, 2.24) is 4.90 Å². The fourth-order valence-corrected chi connectivity index (χ4v) is 2.80. The van der Waals surface area contributed by atoms with Crippen LogP contribution in [0.15, 0.2) is 0 Å². The molecule has 3 heteroatoms. The van der Waals surface area contributed by atoms with E-state index >= 15 is 0 Å². The zero-order valence-electron chi connectivity index (χ0n) is 12.0. The first-order chi connectivity index (χ1) is 8.56. The Balaban J connectivity index is 2.40. The molecule has 1 fully saturated rings. The van der Waals surface area contributed by atoms with Gasteiger partial charge in [-0.05, 0) is 18.8 Å². The molecule has 1 amide bonds. The molecule has 18 heavy (non-hydrogen) atoms. The summed E-state index contributed by atoms with van der Waals surface area (Å²) < 4.78 is 0. The molecule has 0 spiro atoms. The van der Waals surface area contributed by atoms with Gasteiger partial charge in [-0.2, -0.15) is 5.26 Å². The lowest BCUT2D eigenvalue weighted by atomic mass is 9.79. The van der Waals surface area contributed by atoms with E-state index in [1.165, 1.54) is 32.1 Å². The van der Waals surface area contributed by atoms with E-state index in [0.717, 1.165) is 5.92 Å². The van der Waals surface area contributed by atoms with Gasteiger partial charge in [-0.15, -0.1) is 0 Å². The first-order valence-electron chi connectivity index (χ1n) is 7.18. The third kappa shape index (κ3) is 4.33. The summed E-state index contributed by atoms with van der Waals surface area (Å²) in [6.07, 6.45) is 7.62. The van der Waals surface area contributed by atoms with Crippen molar-refractivity contribution in [3.8, 4) is 6.07 Å². The van der Waals surface area contributed by atoms with Gasteiger partial charge in [-0.3, -0.25) is 4.79 Å². The molecule has 0 heterocycles. The van der Waals surface area contributed by atoms with E-state index in [1.807, 2.05) is 14.0 Å². The zero-order chi connectivity index (χ0) is 13.5. The third-order valence-electron chi connectivity index (χ3n) is 4.39. The number of rotatable bonds is 5. The maximum absolute atomic E-state index is 12.1. The summed E-state index contributed by atoms with van der Waals surface area (Å²) >= 11 is 0. The number of nitrogens with zero attached hydrogens (tertiary/aromatic N) is 2. The van der Waals surface area contributed by atoms with Gasteiger partial charge >= 0.3 is 0 Å². The Morgan fingerprint density at radius 1 is 1.33 bits per heavy atom. The Morgan fingerprint density at radius 2 is 1.94 bits per heavy atom. The van der Waals surface area contributed by atoms with Gasteiger partial charge in [-0.1, -0.05) is 39.0 Å². The first-order valence-corrected chi connectivity index (χ1v) is 7.18. The van der Waals surface area contributed by atoms with Crippen molar-refractivity contribution in [3.63, 3.8) is 0 Å². The summed E-state index contributed by atoms with van der Waals surface area (Å²) in [5.74, 6) is 1.40. The van der Waals surface area contributed by atoms with E-state index in [9.17, 15) is 4.79 Å². The molecule has 1 aliphatic carbocycles. The Kier molecular flexibility index (Phi) is 6.18. The van der Waals surface area contributed by atoms with E-state index < -0.39 is 0 Å². The third-order valence-corrected chi connectivity index (χ3v) is 4.39. The average molecular weight is 250 g/mol. The molecule has 1 rings (SSSR count). The monoisotopic (exact) mass is 250 g/mol. The van der Waals surface area contributed by atoms with E-state index in [1.54, 1.807) is 4.90 Å². The van der Waals surface area contributed by atoms with Crippen molar-refractivity contribution < 1.29 is 4.79 Å². The van der Waals surface area contributed by atoms with Crippen molar-refractivity contribution in [2.45, 2.75) is 64.8 Å². The van der Waals surface area contributed by atoms with Crippen molar-refractivity contribution in [1.29, 1.82) is 5.26 Å². The minimum absolute atomic E-state index is 0.0288. The Bertz CT molecular complexity index is 302. The predicted molar refractivity (Wildman–Crippen MR) is 72.8 cm³/mol. The van der Waals surface area contributed by atoms with Gasteiger partial charge in [0.25, 0.3) is 0 Å². The van der Waals surface area contributed by atoms with Crippen LogP contribution in [-0.4, -0.2) is 23.9 Å². The smallest absolute Gasteiger partial charge is 0.222 e. The van der Waals surface area contributed by atoms with Crippen LogP contribution in [0.3, 0.4) is 0 Å². The largest absolute Gasteiger partial charge is 0.342 e. The van der Waals surface area contributed by atoms with Crippen LogP contribution in [0.2, 0.25) is 0 Å². The quantitative estimate of drug-likeness (QED) is 0.751. The van der Waals surface area contributed by atoms with Gasteiger partial charge in [0.2, 0.25) is 5.91 Å². The highest BCUT2D eigenvalue weighted by molar-refractivity contribution is 5.76. The highest BCUT2D eigenvalue weighted by atomic mass is 16.2. The minimum Gasteiger partial charge on any atom is -0.342 e. The molecule has 2 unspecified atom stereocenters. The molecule has 3 nitrogen and oxygen atoms in total. The molecule has 0 aromatic heterocycles. The van der Waals surface area contributed by atoms with Gasteiger partial charge in [0, 0.05) is 19.5 Å². The number of carbonyl (C=O) groups excluding carboxylic acids is 1. The molecular formula is C15H26N2O. The summed E-state index contributed by atoms with van der Waals surface area (Å²) in [4.78, 5) is 13.9. The molecule has 0 radical (unpaired) electrons. The normalized spacial score (nSPS) is 19.9. The van der Waals surface area contributed by atoms with E-state index in [4.69, 9.17) is 5.26 Å². The van der Waals surface area contributed by atoms with Crippen molar-refractivity contribution in [3.05, 3.63) is 0 Å². The lowest BCUT2D eigenvalue weighted by Crippen LogP contribution is -2.36. The summed E-state index contributed by atoms with van der Waals surface area (Å²) in [5.41, 5.74) is 0. The number of amides is 1. The Labute approximate surface area is 111 Å². The first kappa shape index (κ1) is 15.0. The van der Waals surface area contributed by atoms with Crippen molar-refractivity contribution >= 4 is 5.91 Å². The van der Waals surface area contributed by atoms with Gasteiger partial charge in [0.15, 0.2) is 0 Å². The van der Waals surface area contributed by atoms with Crippen molar-refractivity contribution in [2.75, 3.05) is 7.05 Å². The average Bonchev–Trinajstić information content (AvgIpc) is 2.39. The molecular weight excluding hydrogens is 224 g/mol. The molecule has 0 saturated heterocycles. The fourth-order valence-electron chi connectivity index (χ4n) is 2.80. The second kappa shape index (κ2) is 7.41. The van der Waals surface area contributed by atoms with Gasteiger partial charge in [-0.25, -0.2) is 0 Å². The molecule has 102 valence electrons. The van der Waals surface area contributed by atoms with Crippen LogP contribution in [0, 0.1) is 23.2 Å². The molecule has 0 aromatic carbocycles. The maximum Gasteiger partial charge on any atom is 0.222 e. The van der Waals surface area contributed by atoms with Crippen LogP contribution in [0.4, 0.5) is 0 Å². The topological polar surface area (TPSA) is 44.1 Å². The predicted octanol–water partition coefficient (Wildman–Crippen LogP) is 3.35. The van der Waals surface area contributed by atoms with E-state index in [0.29, 0.717) is 18.8 Å². The lowest BCUT2D eigenvalue weighted by Gasteiger charge is -2.30. The molecule has 1 saturated carbocycles. The highest BCUT2D eigenvalue weighted by Crippen LogP contribution is 2.31. The second-order valence-corrected chi connectivity index (χ2v) is 5.80. The molecule has 0 bridgehead atoms. The summed E-state index contributed by atoms with van der Waals surface area (Å²) in [7, 11) is 1.82. The van der Waals surface area contributed by atoms with Crippen LogP contribution >= 0.6 is 0 Å². The fraction of sp³-hybridized carbons (Fsp3) is 0.867. The van der Waals surface area contributed by atoms with E-state index in [2.05, 4.69) is 13.0 Å². The summed E-state index contributed by atoms with van der Waals surface area (Å²) in [6, 6.07) is 2.15. The number of nitriles is 1. The van der Waals surface area contributed by atoms with Gasteiger partial charge in [0.1, 0.15) is 0 Å². The van der Waals surface area contributed by atoms with Gasteiger partial charge < -0.3 is 4.90 Å². The minimum atomic E-state index is 0.0288.